The average Bonchev–Trinajstić information content (AvgIpc) is 2.70. The zero-order valence-corrected chi connectivity index (χ0v) is 12.0. The number of para-hydroxylation sites is 1. The molecule has 104 valence electrons. The summed E-state index contributed by atoms with van der Waals surface area (Å²) in [5.41, 5.74) is 3.35. The number of hydrogen-bond donors (Lipinski definition) is 1. The van der Waals surface area contributed by atoms with Gasteiger partial charge in [0.05, 0.1) is 0 Å². The topological polar surface area (TPSA) is 32.3 Å². The number of amides is 2. The van der Waals surface area contributed by atoms with Crippen LogP contribution in [0.25, 0.3) is 0 Å². The van der Waals surface area contributed by atoms with Crippen LogP contribution in [0.1, 0.15) is 43.7 Å². The van der Waals surface area contributed by atoms with Gasteiger partial charge in [-0.3, -0.25) is 0 Å². The van der Waals surface area contributed by atoms with Crippen molar-refractivity contribution in [2.45, 2.75) is 46.0 Å². The number of nitrogens with zero attached hydrogens (tertiary/aromatic N) is 1. The molecule has 0 aliphatic carbocycles. The number of likely N-dealkylation sites (tertiary alicyclic amines) is 1. The quantitative estimate of drug-likeness (QED) is 0.857. The van der Waals surface area contributed by atoms with Gasteiger partial charge >= 0.3 is 6.03 Å². The highest BCUT2D eigenvalue weighted by Crippen LogP contribution is 2.22. The number of hydrogen-bond acceptors (Lipinski definition) is 1. The molecule has 0 radical (unpaired) electrons. The zero-order valence-electron chi connectivity index (χ0n) is 12.0. The van der Waals surface area contributed by atoms with Crippen LogP contribution in [0.4, 0.5) is 10.5 Å². The van der Waals surface area contributed by atoms with E-state index in [0.29, 0.717) is 0 Å². The Labute approximate surface area is 116 Å². The van der Waals surface area contributed by atoms with Gasteiger partial charge in [-0.1, -0.05) is 38.0 Å². The second-order valence-corrected chi connectivity index (χ2v) is 5.29. The molecule has 1 heterocycles. The fraction of sp³-hybridized carbons (Fsp3) is 0.562. The van der Waals surface area contributed by atoms with E-state index < -0.39 is 0 Å². The van der Waals surface area contributed by atoms with E-state index in [0.717, 1.165) is 43.6 Å². The van der Waals surface area contributed by atoms with Crippen molar-refractivity contribution in [2.24, 2.45) is 0 Å². The van der Waals surface area contributed by atoms with Gasteiger partial charge < -0.3 is 10.2 Å². The van der Waals surface area contributed by atoms with Gasteiger partial charge in [-0.25, -0.2) is 4.79 Å². The molecule has 1 N–H and O–H groups in total. The van der Waals surface area contributed by atoms with Gasteiger partial charge in [0.1, 0.15) is 0 Å². The summed E-state index contributed by atoms with van der Waals surface area (Å²) >= 11 is 0. The van der Waals surface area contributed by atoms with E-state index in [1.807, 2.05) is 4.90 Å². The summed E-state index contributed by atoms with van der Waals surface area (Å²) in [6.45, 7) is 5.95. The van der Waals surface area contributed by atoms with Gasteiger partial charge in [0.25, 0.3) is 0 Å². The van der Waals surface area contributed by atoms with Crippen molar-refractivity contribution in [3.63, 3.8) is 0 Å². The molecule has 3 nitrogen and oxygen atoms in total. The summed E-state index contributed by atoms with van der Waals surface area (Å²) < 4.78 is 0. The van der Waals surface area contributed by atoms with Crippen LogP contribution in [0.3, 0.4) is 0 Å². The summed E-state index contributed by atoms with van der Waals surface area (Å²) in [5, 5.41) is 3.11. The molecule has 1 aromatic carbocycles. The molecule has 1 aliphatic rings. The van der Waals surface area contributed by atoms with E-state index >= 15 is 0 Å². The summed E-state index contributed by atoms with van der Waals surface area (Å²) in [4.78, 5) is 14.3. The maximum atomic E-state index is 12.4. The Hall–Kier alpha value is -1.51. The van der Waals surface area contributed by atoms with Crippen molar-refractivity contribution in [1.29, 1.82) is 0 Å². The van der Waals surface area contributed by atoms with E-state index in [1.54, 1.807) is 0 Å². The van der Waals surface area contributed by atoms with Crippen LogP contribution in [-0.4, -0.2) is 24.0 Å². The largest absolute Gasteiger partial charge is 0.325 e. The smallest absolute Gasteiger partial charge is 0.321 e. The molecule has 0 atom stereocenters. The fourth-order valence-corrected chi connectivity index (χ4v) is 2.66. The Morgan fingerprint density at radius 1 is 1.21 bits per heavy atom. The molecule has 0 spiro atoms. The first kappa shape index (κ1) is 13.9. The first-order chi connectivity index (χ1) is 9.22. The van der Waals surface area contributed by atoms with Gasteiger partial charge in [0.15, 0.2) is 0 Å². The molecule has 1 saturated heterocycles. The van der Waals surface area contributed by atoms with Crippen LogP contribution in [0.5, 0.6) is 0 Å². The molecular weight excluding hydrogens is 236 g/mol. The van der Waals surface area contributed by atoms with Crippen LogP contribution < -0.4 is 5.32 Å². The summed E-state index contributed by atoms with van der Waals surface area (Å²) in [7, 11) is 0. The van der Waals surface area contributed by atoms with E-state index in [-0.39, 0.29) is 6.03 Å². The molecule has 2 amide bonds. The van der Waals surface area contributed by atoms with Crippen molar-refractivity contribution in [3.8, 4) is 0 Å². The lowest BCUT2D eigenvalue weighted by Gasteiger charge is -2.22. The van der Waals surface area contributed by atoms with Gasteiger partial charge in [-0.05, 0) is 37.3 Å². The predicted octanol–water partition coefficient (Wildman–Crippen LogP) is 3.97. The van der Waals surface area contributed by atoms with E-state index in [2.05, 4.69) is 37.4 Å². The molecule has 19 heavy (non-hydrogen) atoms. The standard InChI is InChI=1S/C16H24N2O/c1-3-14-10-8-9-13(2)15(14)17-16(19)18-11-6-4-5-7-12-18/h8-10H,3-7,11-12H2,1-2H3,(H,17,19). The number of aryl methyl sites for hydroxylation is 2. The number of carbonyl (C=O) groups excluding carboxylic acids is 1. The Balaban J connectivity index is 2.09. The first-order valence-electron chi connectivity index (χ1n) is 7.36. The third-order valence-corrected chi connectivity index (χ3v) is 3.87. The first-order valence-corrected chi connectivity index (χ1v) is 7.36. The number of rotatable bonds is 2. The van der Waals surface area contributed by atoms with Crippen molar-refractivity contribution in [3.05, 3.63) is 29.3 Å². The van der Waals surface area contributed by atoms with Crippen molar-refractivity contribution in [2.75, 3.05) is 18.4 Å². The zero-order chi connectivity index (χ0) is 13.7. The van der Waals surface area contributed by atoms with Crippen molar-refractivity contribution in [1.82, 2.24) is 4.90 Å². The van der Waals surface area contributed by atoms with Gasteiger partial charge in [0.2, 0.25) is 0 Å². The van der Waals surface area contributed by atoms with Crippen LogP contribution in [0.2, 0.25) is 0 Å². The highest BCUT2D eigenvalue weighted by molar-refractivity contribution is 5.91. The number of nitrogens with one attached hydrogen (secondary N) is 1. The molecule has 0 aromatic heterocycles. The highest BCUT2D eigenvalue weighted by Gasteiger charge is 2.17. The number of urea groups is 1. The molecule has 3 heteroatoms. The maximum Gasteiger partial charge on any atom is 0.321 e. The predicted molar refractivity (Wildman–Crippen MR) is 79.6 cm³/mol. The van der Waals surface area contributed by atoms with Crippen LogP contribution in [0, 0.1) is 6.92 Å². The molecule has 0 saturated carbocycles. The third-order valence-electron chi connectivity index (χ3n) is 3.87. The van der Waals surface area contributed by atoms with Crippen LogP contribution >= 0.6 is 0 Å². The molecular formula is C16H24N2O. The van der Waals surface area contributed by atoms with Gasteiger partial charge in [0, 0.05) is 18.8 Å². The molecule has 1 aliphatic heterocycles. The lowest BCUT2D eigenvalue weighted by atomic mass is 10.1. The maximum absolute atomic E-state index is 12.4. The minimum absolute atomic E-state index is 0.0610. The minimum atomic E-state index is 0.0610. The number of carbonyl (C=O) groups is 1. The van der Waals surface area contributed by atoms with E-state index in [4.69, 9.17) is 0 Å². The Kier molecular flexibility index (Phi) is 4.83. The molecule has 2 rings (SSSR count). The van der Waals surface area contributed by atoms with E-state index in [9.17, 15) is 4.79 Å². The Morgan fingerprint density at radius 3 is 2.53 bits per heavy atom. The van der Waals surface area contributed by atoms with Gasteiger partial charge in [-0.15, -0.1) is 0 Å². The average molecular weight is 260 g/mol. The minimum Gasteiger partial charge on any atom is -0.325 e. The SMILES string of the molecule is CCc1cccc(C)c1NC(=O)N1CCCCCC1. The van der Waals surface area contributed by atoms with Crippen molar-refractivity contribution < 1.29 is 4.79 Å². The lowest BCUT2D eigenvalue weighted by molar-refractivity contribution is 0.213. The van der Waals surface area contributed by atoms with Crippen molar-refractivity contribution >= 4 is 11.7 Å². The monoisotopic (exact) mass is 260 g/mol. The van der Waals surface area contributed by atoms with Gasteiger partial charge in [-0.2, -0.15) is 0 Å². The lowest BCUT2D eigenvalue weighted by Crippen LogP contribution is -2.36. The summed E-state index contributed by atoms with van der Waals surface area (Å²) in [6.07, 6.45) is 5.68. The Bertz CT molecular complexity index is 434. The Morgan fingerprint density at radius 2 is 1.89 bits per heavy atom. The number of anilines is 1. The summed E-state index contributed by atoms with van der Waals surface area (Å²) in [6, 6.07) is 6.25. The summed E-state index contributed by atoms with van der Waals surface area (Å²) in [5.74, 6) is 0. The fourth-order valence-electron chi connectivity index (χ4n) is 2.66. The molecule has 1 fully saturated rings. The highest BCUT2D eigenvalue weighted by atomic mass is 16.2. The molecule has 0 unspecified atom stereocenters. The van der Waals surface area contributed by atoms with Crippen LogP contribution in [-0.2, 0) is 6.42 Å². The van der Waals surface area contributed by atoms with Crippen LogP contribution in [0.15, 0.2) is 18.2 Å². The second-order valence-electron chi connectivity index (χ2n) is 5.29. The normalized spacial score (nSPS) is 16.0. The molecule has 0 bridgehead atoms. The van der Waals surface area contributed by atoms with E-state index in [1.165, 1.54) is 18.4 Å². The third kappa shape index (κ3) is 3.49. The molecule has 1 aromatic rings. The second kappa shape index (κ2) is 6.60. The number of benzene rings is 1.